The summed E-state index contributed by atoms with van der Waals surface area (Å²) in [4.78, 5) is -0.315. The highest BCUT2D eigenvalue weighted by Gasteiger charge is 2.20. The number of halogens is 2. The zero-order valence-electron chi connectivity index (χ0n) is 12.5. The molecule has 0 heterocycles. The zero-order valence-corrected chi connectivity index (χ0v) is 13.3. The van der Waals surface area contributed by atoms with E-state index in [2.05, 4.69) is 4.72 Å². The first-order chi connectivity index (χ1) is 11.5. The van der Waals surface area contributed by atoms with E-state index in [-0.39, 0.29) is 4.90 Å². The van der Waals surface area contributed by atoms with Gasteiger partial charge in [-0.25, -0.2) is 17.2 Å². The molecule has 0 radical (unpaired) electrons. The monoisotopic (exact) mass is 345 g/mol. The summed E-state index contributed by atoms with van der Waals surface area (Å²) in [6.07, 6.45) is 1.87. The van der Waals surface area contributed by atoms with Crippen LogP contribution < -0.4 is 4.72 Å². The molecule has 1 aliphatic carbocycles. The summed E-state index contributed by atoms with van der Waals surface area (Å²) in [6.45, 7) is 0. The fourth-order valence-electron chi connectivity index (χ4n) is 3.18. The Morgan fingerprint density at radius 3 is 2.38 bits per heavy atom. The van der Waals surface area contributed by atoms with Gasteiger partial charge in [-0.15, -0.1) is 0 Å². The van der Waals surface area contributed by atoms with E-state index >= 15 is 0 Å². The van der Waals surface area contributed by atoms with E-state index in [1.54, 1.807) is 6.07 Å². The van der Waals surface area contributed by atoms with Crippen LogP contribution in [0.2, 0.25) is 0 Å². The highest BCUT2D eigenvalue weighted by molar-refractivity contribution is 7.92. The Morgan fingerprint density at radius 2 is 1.62 bits per heavy atom. The minimum absolute atomic E-state index is 0.315. The molecular formula is C18H13F2NO2S. The van der Waals surface area contributed by atoms with Gasteiger partial charge in [0, 0.05) is 5.39 Å². The van der Waals surface area contributed by atoms with Crippen LogP contribution in [0.5, 0.6) is 0 Å². The van der Waals surface area contributed by atoms with Gasteiger partial charge in [-0.05, 0) is 53.6 Å². The Kier molecular flexibility index (Phi) is 3.31. The molecule has 1 N–H and O–H groups in total. The summed E-state index contributed by atoms with van der Waals surface area (Å²) in [5, 5.41) is 1.89. The summed E-state index contributed by atoms with van der Waals surface area (Å²) < 4.78 is 53.9. The van der Waals surface area contributed by atoms with E-state index in [4.69, 9.17) is 0 Å². The number of sulfonamides is 1. The van der Waals surface area contributed by atoms with Crippen LogP contribution in [-0.4, -0.2) is 8.42 Å². The third-order valence-corrected chi connectivity index (χ3v) is 5.69. The highest BCUT2D eigenvalue weighted by Crippen LogP contribution is 2.35. The van der Waals surface area contributed by atoms with Crippen molar-refractivity contribution in [1.29, 1.82) is 0 Å². The fraction of sp³-hybridized carbons (Fsp3) is 0.111. The van der Waals surface area contributed by atoms with Crippen LogP contribution in [0.1, 0.15) is 11.1 Å². The molecule has 0 spiro atoms. The third kappa shape index (κ3) is 2.34. The van der Waals surface area contributed by atoms with Gasteiger partial charge in [0.05, 0.1) is 10.6 Å². The lowest BCUT2D eigenvalue weighted by Gasteiger charge is -2.12. The standard InChI is InChI=1S/C18H13F2NO2S/c19-15-8-7-13(10-16(15)20)24(22,23)21-17-9-6-12-5-4-11-2-1-3-14(17)18(11)12/h1-3,6-10,21H,4-5H2. The van der Waals surface area contributed by atoms with Gasteiger partial charge in [-0.1, -0.05) is 24.3 Å². The largest absolute Gasteiger partial charge is 0.279 e. The third-order valence-electron chi connectivity index (χ3n) is 4.32. The van der Waals surface area contributed by atoms with Crippen molar-refractivity contribution in [1.82, 2.24) is 0 Å². The summed E-state index contributed by atoms with van der Waals surface area (Å²) in [5.41, 5.74) is 2.81. The summed E-state index contributed by atoms with van der Waals surface area (Å²) in [5.74, 6) is -2.28. The Morgan fingerprint density at radius 1 is 0.875 bits per heavy atom. The molecule has 0 fully saturated rings. The first-order valence-electron chi connectivity index (χ1n) is 7.47. The van der Waals surface area contributed by atoms with Crippen molar-refractivity contribution >= 4 is 26.5 Å². The number of aryl methyl sites for hydroxylation is 2. The topological polar surface area (TPSA) is 46.2 Å². The van der Waals surface area contributed by atoms with Gasteiger partial charge in [-0.3, -0.25) is 4.72 Å². The molecule has 0 aliphatic heterocycles. The second kappa shape index (κ2) is 5.27. The molecule has 1 aliphatic rings. The molecular weight excluding hydrogens is 332 g/mol. The molecule has 0 atom stereocenters. The number of nitrogens with one attached hydrogen (secondary N) is 1. The molecule has 3 nitrogen and oxygen atoms in total. The fourth-order valence-corrected chi connectivity index (χ4v) is 4.27. The van der Waals surface area contributed by atoms with Crippen molar-refractivity contribution in [2.75, 3.05) is 4.72 Å². The van der Waals surface area contributed by atoms with Gasteiger partial charge in [0.1, 0.15) is 0 Å². The van der Waals surface area contributed by atoms with Gasteiger partial charge >= 0.3 is 0 Å². The lowest BCUT2D eigenvalue weighted by atomic mass is 10.0. The van der Waals surface area contributed by atoms with Crippen molar-refractivity contribution in [3.8, 4) is 0 Å². The maximum Gasteiger partial charge on any atom is 0.262 e. The van der Waals surface area contributed by atoms with Crippen LogP contribution in [0.15, 0.2) is 53.4 Å². The molecule has 6 heteroatoms. The van der Waals surface area contributed by atoms with Crippen molar-refractivity contribution in [3.63, 3.8) is 0 Å². The molecule has 0 aromatic heterocycles. The predicted molar refractivity (Wildman–Crippen MR) is 88.5 cm³/mol. The molecule has 0 bridgehead atoms. The van der Waals surface area contributed by atoms with Crippen molar-refractivity contribution < 1.29 is 17.2 Å². The maximum atomic E-state index is 13.3. The number of anilines is 1. The Bertz CT molecular complexity index is 1070. The average Bonchev–Trinajstić information content (AvgIpc) is 2.97. The Labute approximate surface area is 138 Å². The van der Waals surface area contributed by atoms with Crippen molar-refractivity contribution in [3.05, 3.63) is 71.3 Å². The van der Waals surface area contributed by atoms with Gasteiger partial charge in [0.25, 0.3) is 10.0 Å². The number of rotatable bonds is 3. The molecule has 24 heavy (non-hydrogen) atoms. The molecule has 3 aromatic carbocycles. The second-order valence-corrected chi connectivity index (χ2v) is 7.48. The van der Waals surface area contributed by atoms with Crippen LogP contribution in [0, 0.1) is 11.6 Å². The van der Waals surface area contributed by atoms with Gasteiger partial charge in [-0.2, -0.15) is 0 Å². The summed E-state index contributed by atoms with van der Waals surface area (Å²) in [6, 6.07) is 11.9. The highest BCUT2D eigenvalue weighted by atomic mass is 32.2. The lowest BCUT2D eigenvalue weighted by molar-refractivity contribution is 0.504. The molecule has 3 aromatic rings. The minimum atomic E-state index is -4.01. The maximum absolute atomic E-state index is 13.3. The summed E-state index contributed by atoms with van der Waals surface area (Å²) in [7, 11) is -4.01. The SMILES string of the molecule is O=S(=O)(Nc1ccc2c3c(cccc13)CC2)c1ccc(F)c(F)c1. The minimum Gasteiger partial charge on any atom is -0.279 e. The molecule has 0 saturated carbocycles. The van der Waals surface area contributed by atoms with Crippen molar-refractivity contribution in [2.24, 2.45) is 0 Å². The predicted octanol–water partition coefficient (Wildman–Crippen LogP) is 4.02. The van der Waals surface area contributed by atoms with Gasteiger partial charge in [0.2, 0.25) is 0 Å². The van der Waals surface area contributed by atoms with Gasteiger partial charge in [0.15, 0.2) is 11.6 Å². The van der Waals surface area contributed by atoms with Crippen LogP contribution in [0.3, 0.4) is 0 Å². The van der Waals surface area contributed by atoms with Gasteiger partial charge < -0.3 is 0 Å². The quantitative estimate of drug-likeness (QED) is 0.779. The zero-order chi connectivity index (χ0) is 16.9. The Balaban J connectivity index is 1.81. The number of hydrogen-bond donors (Lipinski definition) is 1. The van der Waals surface area contributed by atoms with Crippen LogP contribution in [-0.2, 0) is 22.9 Å². The lowest BCUT2D eigenvalue weighted by Crippen LogP contribution is -2.13. The van der Waals surface area contributed by atoms with Crippen LogP contribution >= 0.6 is 0 Å². The summed E-state index contributed by atoms with van der Waals surface area (Å²) >= 11 is 0. The normalized spacial score (nSPS) is 13.4. The van der Waals surface area contributed by atoms with E-state index in [1.807, 2.05) is 24.3 Å². The van der Waals surface area contributed by atoms with E-state index in [0.717, 1.165) is 35.7 Å². The molecule has 122 valence electrons. The Hall–Kier alpha value is -2.47. The van der Waals surface area contributed by atoms with Crippen molar-refractivity contribution in [2.45, 2.75) is 17.7 Å². The first kappa shape index (κ1) is 15.1. The molecule has 0 saturated heterocycles. The first-order valence-corrected chi connectivity index (χ1v) is 8.95. The number of benzene rings is 3. The van der Waals surface area contributed by atoms with E-state index in [1.165, 1.54) is 11.1 Å². The van der Waals surface area contributed by atoms with E-state index < -0.39 is 21.7 Å². The van der Waals surface area contributed by atoms with Crippen LogP contribution in [0.25, 0.3) is 10.8 Å². The average molecular weight is 345 g/mol. The molecule has 0 unspecified atom stereocenters. The molecule has 4 rings (SSSR count). The smallest absolute Gasteiger partial charge is 0.262 e. The number of hydrogen-bond acceptors (Lipinski definition) is 2. The van der Waals surface area contributed by atoms with Crippen LogP contribution in [0.4, 0.5) is 14.5 Å². The van der Waals surface area contributed by atoms with E-state index in [0.29, 0.717) is 11.8 Å². The molecule has 0 amide bonds. The van der Waals surface area contributed by atoms with E-state index in [9.17, 15) is 17.2 Å². The second-order valence-electron chi connectivity index (χ2n) is 5.79.